The predicted octanol–water partition coefficient (Wildman–Crippen LogP) is 1.27. The molecule has 5 N–H and O–H groups in total. The smallest absolute Gasteiger partial charge is 0.111 e. The summed E-state index contributed by atoms with van der Waals surface area (Å²) in [7, 11) is 1.86. The second kappa shape index (κ2) is 16.0. The fourth-order valence-corrected chi connectivity index (χ4v) is 2.95. The first-order valence-corrected chi connectivity index (χ1v) is 9.95. The number of likely N-dealkylation sites (N-methyl/N-ethyl adjacent to an activating group) is 1. The van der Waals surface area contributed by atoms with Gasteiger partial charge in [-0.15, -0.1) is 0 Å². The lowest BCUT2D eigenvalue weighted by Gasteiger charge is -2.28. The lowest BCUT2D eigenvalue weighted by Crippen LogP contribution is -2.49. The number of hydrogen-bond donors (Lipinski definition) is 5. The molecule has 0 aromatic heterocycles. The lowest BCUT2D eigenvalue weighted by atomic mass is 10.0. The minimum Gasteiger partial charge on any atom is -0.394 e. The van der Waals surface area contributed by atoms with Gasteiger partial charge in [0.1, 0.15) is 18.3 Å². The molecule has 0 amide bonds. The second-order valence-corrected chi connectivity index (χ2v) is 7.24. The van der Waals surface area contributed by atoms with E-state index < -0.39 is 31.0 Å². The van der Waals surface area contributed by atoms with Crippen molar-refractivity contribution in [3.05, 3.63) is 0 Å². The normalized spacial score (nSPS) is 16.8. The van der Waals surface area contributed by atoms with Crippen LogP contribution in [0.25, 0.3) is 0 Å². The number of nitrogens with zero attached hydrogens (tertiary/aromatic N) is 1. The molecule has 0 saturated heterocycles. The highest BCUT2D eigenvalue weighted by Crippen LogP contribution is 2.11. The van der Waals surface area contributed by atoms with Gasteiger partial charge in [-0.2, -0.15) is 0 Å². The van der Waals surface area contributed by atoms with Crippen molar-refractivity contribution < 1.29 is 25.5 Å². The molecule has 0 aliphatic carbocycles. The molecule has 25 heavy (non-hydrogen) atoms. The Morgan fingerprint density at radius 1 is 0.680 bits per heavy atom. The summed E-state index contributed by atoms with van der Waals surface area (Å²) in [5.41, 5.74) is 0. The highest BCUT2D eigenvalue weighted by molar-refractivity contribution is 4.82. The van der Waals surface area contributed by atoms with E-state index in [4.69, 9.17) is 5.11 Å². The Morgan fingerprint density at radius 3 is 1.60 bits per heavy atom. The topological polar surface area (TPSA) is 104 Å². The fraction of sp³-hybridized carbons (Fsp3) is 1.00. The summed E-state index contributed by atoms with van der Waals surface area (Å²) in [4.78, 5) is 1.91. The van der Waals surface area contributed by atoms with Crippen molar-refractivity contribution in [2.75, 3.05) is 26.7 Å². The van der Waals surface area contributed by atoms with E-state index in [2.05, 4.69) is 6.92 Å². The number of aliphatic hydroxyl groups is 5. The Balaban J connectivity index is 3.64. The monoisotopic (exact) mass is 363 g/mol. The first-order chi connectivity index (χ1) is 11.9. The van der Waals surface area contributed by atoms with E-state index >= 15 is 0 Å². The van der Waals surface area contributed by atoms with E-state index in [1.54, 1.807) is 0 Å². The summed E-state index contributed by atoms with van der Waals surface area (Å²) in [6, 6.07) is 0. The van der Waals surface area contributed by atoms with Crippen LogP contribution in [0.1, 0.15) is 71.1 Å². The van der Waals surface area contributed by atoms with E-state index in [-0.39, 0.29) is 6.54 Å². The quantitative estimate of drug-likeness (QED) is 0.249. The molecule has 6 nitrogen and oxygen atoms in total. The zero-order chi connectivity index (χ0) is 19.1. The van der Waals surface area contributed by atoms with Crippen LogP contribution in [0.15, 0.2) is 0 Å². The molecule has 0 rings (SSSR count). The molecule has 0 aliphatic rings. The number of rotatable bonds is 17. The van der Waals surface area contributed by atoms with Crippen LogP contribution < -0.4 is 0 Å². The third-order valence-corrected chi connectivity index (χ3v) is 4.72. The average Bonchev–Trinajstić information content (AvgIpc) is 2.61. The maximum atomic E-state index is 9.92. The molecule has 0 aromatic rings. The summed E-state index contributed by atoms with van der Waals surface area (Å²) >= 11 is 0. The predicted molar refractivity (Wildman–Crippen MR) is 100 cm³/mol. The minimum atomic E-state index is -1.55. The molecule has 0 bridgehead atoms. The average molecular weight is 364 g/mol. The van der Waals surface area contributed by atoms with Crippen LogP contribution in [0, 0.1) is 0 Å². The lowest BCUT2D eigenvalue weighted by molar-refractivity contribution is -0.118. The van der Waals surface area contributed by atoms with Crippen molar-refractivity contribution in [2.24, 2.45) is 0 Å². The van der Waals surface area contributed by atoms with Crippen LogP contribution in [-0.2, 0) is 0 Å². The molecule has 0 saturated carbocycles. The van der Waals surface area contributed by atoms with Crippen LogP contribution in [0.2, 0.25) is 0 Å². The molecule has 0 fully saturated rings. The summed E-state index contributed by atoms with van der Waals surface area (Å²) in [5.74, 6) is 0. The Labute approximate surface area is 153 Å². The molecule has 0 spiro atoms. The Bertz CT molecular complexity index is 293. The van der Waals surface area contributed by atoms with Gasteiger partial charge in [0.15, 0.2) is 0 Å². The zero-order valence-corrected chi connectivity index (χ0v) is 16.2. The van der Waals surface area contributed by atoms with Crippen LogP contribution >= 0.6 is 0 Å². The maximum Gasteiger partial charge on any atom is 0.111 e. The van der Waals surface area contributed by atoms with Gasteiger partial charge in [-0.25, -0.2) is 0 Å². The molecule has 6 heteroatoms. The Morgan fingerprint density at radius 2 is 1.12 bits per heavy atom. The van der Waals surface area contributed by atoms with Gasteiger partial charge in [0.25, 0.3) is 0 Å². The van der Waals surface area contributed by atoms with Crippen molar-refractivity contribution in [1.29, 1.82) is 0 Å². The molecular weight excluding hydrogens is 322 g/mol. The van der Waals surface area contributed by atoms with E-state index in [1.807, 2.05) is 11.9 Å². The molecule has 0 radical (unpaired) electrons. The van der Waals surface area contributed by atoms with E-state index in [1.165, 1.54) is 51.4 Å². The van der Waals surface area contributed by atoms with E-state index in [9.17, 15) is 20.4 Å². The fourth-order valence-electron chi connectivity index (χ4n) is 2.95. The van der Waals surface area contributed by atoms with Gasteiger partial charge in [-0.3, -0.25) is 0 Å². The van der Waals surface area contributed by atoms with Gasteiger partial charge in [-0.1, -0.05) is 64.7 Å². The van der Waals surface area contributed by atoms with Gasteiger partial charge in [0.2, 0.25) is 0 Å². The van der Waals surface area contributed by atoms with Crippen LogP contribution in [0.4, 0.5) is 0 Å². The Kier molecular flexibility index (Phi) is 15.8. The molecular formula is C19H41NO5. The first kappa shape index (κ1) is 24.8. The molecule has 4 atom stereocenters. The molecule has 4 unspecified atom stereocenters. The first-order valence-electron chi connectivity index (χ1n) is 9.95. The standard InChI is InChI=1S/C19H41NO5/c1-3-4-5-6-7-8-9-10-11-12-13-20(2)14-16(22)18(24)19(25)17(23)15-21/h16-19,21-25H,3-15H2,1-2H3. The largest absolute Gasteiger partial charge is 0.394 e. The third kappa shape index (κ3) is 12.7. The number of aliphatic hydroxyl groups excluding tert-OH is 5. The van der Waals surface area contributed by atoms with E-state index in [0.29, 0.717) is 0 Å². The number of unbranched alkanes of at least 4 members (excludes halogenated alkanes) is 9. The van der Waals surface area contributed by atoms with Crippen molar-refractivity contribution >= 4 is 0 Å². The van der Waals surface area contributed by atoms with Gasteiger partial charge in [0.05, 0.1) is 12.7 Å². The molecule has 152 valence electrons. The molecule has 0 heterocycles. The van der Waals surface area contributed by atoms with E-state index in [0.717, 1.165) is 19.4 Å². The van der Waals surface area contributed by atoms with Gasteiger partial charge < -0.3 is 30.4 Å². The molecule has 0 aliphatic heterocycles. The van der Waals surface area contributed by atoms with Crippen molar-refractivity contribution in [3.63, 3.8) is 0 Å². The highest BCUT2D eigenvalue weighted by atomic mass is 16.4. The van der Waals surface area contributed by atoms with Gasteiger partial charge in [-0.05, 0) is 20.0 Å². The third-order valence-electron chi connectivity index (χ3n) is 4.72. The second-order valence-electron chi connectivity index (χ2n) is 7.24. The summed E-state index contributed by atoms with van der Waals surface area (Å²) in [6.45, 7) is 2.61. The van der Waals surface area contributed by atoms with Crippen molar-refractivity contribution in [2.45, 2.75) is 95.5 Å². The van der Waals surface area contributed by atoms with Gasteiger partial charge >= 0.3 is 0 Å². The van der Waals surface area contributed by atoms with Crippen LogP contribution in [-0.4, -0.2) is 81.6 Å². The van der Waals surface area contributed by atoms with Crippen LogP contribution in [0.5, 0.6) is 0 Å². The number of hydrogen-bond acceptors (Lipinski definition) is 6. The van der Waals surface area contributed by atoms with Gasteiger partial charge in [0, 0.05) is 6.54 Å². The van der Waals surface area contributed by atoms with Crippen molar-refractivity contribution in [3.8, 4) is 0 Å². The zero-order valence-electron chi connectivity index (χ0n) is 16.2. The summed E-state index contributed by atoms with van der Waals surface area (Å²) in [6.07, 6.45) is 7.08. The van der Waals surface area contributed by atoms with Crippen LogP contribution in [0.3, 0.4) is 0 Å². The Hall–Kier alpha value is -0.240. The summed E-state index contributed by atoms with van der Waals surface area (Å²) in [5, 5.41) is 47.4. The maximum absolute atomic E-state index is 9.92. The molecule has 0 aromatic carbocycles. The minimum absolute atomic E-state index is 0.216. The highest BCUT2D eigenvalue weighted by Gasteiger charge is 2.30. The van der Waals surface area contributed by atoms with Crippen molar-refractivity contribution in [1.82, 2.24) is 4.90 Å². The SMILES string of the molecule is CCCCCCCCCCCCN(C)CC(O)C(O)C(O)C(O)CO. The summed E-state index contributed by atoms with van der Waals surface area (Å²) < 4.78 is 0.